The van der Waals surface area contributed by atoms with E-state index in [1.807, 2.05) is 18.2 Å². The number of nitrogens with zero attached hydrogens (tertiary/aromatic N) is 4. The van der Waals surface area contributed by atoms with Gasteiger partial charge in [-0.25, -0.2) is 4.21 Å². The summed E-state index contributed by atoms with van der Waals surface area (Å²) in [5, 5.41) is 5.27. The number of hydrogen-bond acceptors (Lipinski definition) is 7. The predicted molar refractivity (Wildman–Crippen MR) is 196 cm³/mol. The van der Waals surface area contributed by atoms with E-state index in [1.54, 1.807) is 31.1 Å². The summed E-state index contributed by atoms with van der Waals surface area (Å²) in [6.45, 7) is 2.06. The molecule has 4 aliphatic carbocycles. The molecule has 2 amide bonds. The lowest BCUT2D eigenvalue weighted by molar-refractivity contribution is -0.00148. The first-order valence-corrected chi connectivity index (χ1v) is 20.4. The Morgan fingerprint density at radius 2 is 2.00 bits per heavy atom. The van der Waals surface area contributed by atoms with Crippen molar-refractivity contribution in [2.75, 3.05) is 37.5 Å². The van der Waals surface area contributed by atoms with Crippen LogP contribution in [0.15, 0.2) is 58.6 Å². The molecule has 2 aromatic carbocycles. The van der Waals surface area contributed by atoms with Gasteiger partial charge in [0.05, 0.1) is 35.4 Å². The van der Waals surface area contributed by atoms with E-state index in [0.717, 1.165) is 80.1 Å². The number of nitrogens with one attached hydrogen (secondary N) is 1. The summed E-state index contributed by atoms with van der Waals surface area (Å²) in [6, 6.07) is 11.7. The van der Waals surface area contributed by atoms with Crippen molar-refractivity contribution in [2.24, 2.45) is 29.2 Å². The summed E-state index contributed by atoms with van der Waals surface area (Å²) in [7, 11) is -0.0149. The van der Waals surface area contributed by atoms with Gasteiger partial charge in [0.1, 0.15) is 15.7 Å². The summed E-state index contributed by atoms with van der Waals surface area (Å²) in [5.74, 6) is 0.358. The molecule has 6 atom stereocenters. The summed E-state index contributed by atoms with van der Waals surface area (Å²) in [6.07, 6.45) is 11.4. The molecule has 3 heterocycles. The van der Waals surface area contributed by atoms with Gasteiger partial charge in [0.2, 0.25) is 0 Å². The van der Waals surface area contributed by atoms with Gasteiger partial charge in [0.15, 0.2) is 0 Å². The van der Waals surface area contributed by atoms with E-state index < -0.39 is 21.7 Å². The third-order valence-electron chi connectivity index (χ3n) is 12.3. The maximum absolute atomic E-state index is 14.9. The van der Waals surface area contributed by atoms with E-state index in [9.17, 15) is 13.8 Å². The number of fused-ring (bicyclic) bond motifs is 5. The standard InChI is InChI=1S/C39H44ClN5O5S/c1-44-19-31(35(41-44)23-5-6-23)38(47)43-51(48)20-27-8-12-30(27)36(49-2)29-11-7-26(29)18-45-21-39(15-3-4-24-16-28(40)10-13-32(24)39)22-50-34-14-9-25(17-33(34)45)37(46)42-51/h9-10,12-14,16-17,19,23,26-27,29,36H,3-8,11,15,18,20-22H2,1-2H3,(H,42,43,46,47,48)/t26-,27+,29+,36+,39-,51?/m0/s1. The van der Waals surface area contributed by atoms with Crippen LogP contribution in [-0.4, -0.2) is 64.5 Å². The molecule has 1 N–H and O–H groups in total. The third-order valence-corrected chi connectivity index (χ3v) is 14.3. The van der Waals surface area contributed by atoms with Crippen LogP contribution in [0.5, 0.6) is 5.75 Å². The molecule has 6 aliphatic rings. The highest BCUT2D eigenvalue weighted by Gasteiger charge is 2.47. The van der Waals surface area contributed by atoms with E-state index in [1.165, 1.54) is 11.1 Å². The van der Waals surface area contributed by atoms with Gasteiger partial charge in [-0.05, 0) is 116 Å². The Labute approximate surface area is 304 Å². The number of ether oxygens (including phenoxy) is 2. The van der Waals surface area contributed by atoms with E-state index in [-0.39, 0.29) is 35.0 Å². The van der Waals surface area contributed by atoms with Crippen LogP contribution >= 0.6 is 11.6 Å². The van der Waals surface area contributed by atoms with Crippen molar-refractivity contribution in [2.45, 2.75) is 68.8 Å². The van der Waals surface area contributed by atoms with Crippen LogP contribution in [0.2, 0.25) is 5.02 Å². The molecule has 0 radical (unpaired) electrons. The van der Waals surface area contributed by atoms with Crippen LogP contribution in [-0.2, 0) is 33.5 Å². The number of aryl methyl sites for hydroxylation is 2. The number of carbonyl (C=O) groups excluding carboxylic acids is 2. The highest BCUT2D eigenvalue weighted by atomic mass is 35.5. The summed E-state index contributed by atoms with van der Waals surface area (Å²) >= 11 is 6.47. The molecule has 51 heavy (non-hydrogen) atoms. The molecule has 3 aromatic rings. The maximum atomic E-state index is 14.9. The second-order valence-corrected chi connectivity index (χ2v) is 18.0. The van der Waals surface area contributed by atoms with Crippen LogP contribution in [0, 0.1) is 17.8 Å². The average molecular weight is 730 g/mol. The lowest BCUT2D eigenvalue weighted by Crippen LogP contribution is -2.51. The fourth-order valence-electron chi connectivity index (χ4n) is 9.34. The second kappa shape index (κ2) is 12.5. The Bertz CT molecular complexity index is 2100. The second-order valence-electron chi connectivity index (χ2n) is 15.6. The zero-order valence-corrected chi connectivity index (χ0v) is 30.7. The summed E-state index contributed by atoms with van der Waals surface area (Å²) in [4.78, 5) is 30.3. The molecule has 12 heteroatoms. The Morgan fingerprint density at radius 3 is 2.75 bits per heavy atom. The number of amides is 2. The average Bonchev–Trinajstić information content (AvgIpc) is 3.88. The zero-order chi connectivity index (χ0) is 35.1. The minimum atomic E-state index is -3.55. The summed E-state index contributed by atoms with van der Waals surface area (Å²) < 4.78 is 36.5. The third kappa shape index (κ3) is 5.89. The van der Waals surface area contributed by atoms with Crippen LogP contribution < -0.4 is 14.4 Å². The van der Waals surface area contributed by atoms with E-state index in [2.05, 4.69) is 37.3 Å². The molecule has 9 rings (SSSR count). The highest BCUT2D eigenvalue weighted by Crippen LogP contribution is 2.49. The van der Waals surface area contributed by atoms with Crippen molar-refractivity contribution < 1.29 is 23.3 Å². The first-order valence-electron chi connectivity index (χ1n) is 18.3. The maximum Gasteiger partial charge on any atom is 0.286 e. The Balaban J connectivity index is 1.13. The van der Waals surface area contributed by atoms with Crippen LogP contribution in [0.4, 0.5) is 5.69 Å². The van der Waals surface area contributed by atoms with Gasteiger partial charge in [-0.3, -0.25) is 19.0 Å². The first-order chi connectivity index (χ1) is 24.6. The smallest absolute Gasteiger partial charge is 0.286 e. The molecule has 1 spiro atoms. The predicted octanol–water partition coefficient (Wildman–Crippen LogP) is 6.38. The molecular weight excluding hydrogens is 686 g/mol. The number of anilines is 1. The van der Waals surface area contributed by atoms with Gasteiger partial charge in [0, 0.05) is 55.4 Å². The number of methoxy groups -OCH3 is 1. The van der Waals surface area contributed by atoms with Gasteiger partial charge < -0.3 is 14.4 Å². The Morgan fingerprint density at radius 1 is 1.14 bits per heavy atom. The van der Waals surface area contributed by atoms with Gasteiger partial charge in [-0.15, -0.1) is 4.36 Å². The van der Waals surface area contributed by atoms with Gasteiger partial charge in [-0.2, -0.15) is 5.10 Å². The van der Waals surface area contributed by atoms with Crippen LogP contribution in [0.1, 0.15) is 88.4 Å². The number of carbonyl (C=O) groups is 2. The molecule has 10 nitrogen and oxygen atoms in total. The Kier molecular flexibility index (Phi) is 8.12. The van der Waals surface area contributed by atoms with E-state index in [0.29, 0.717) is 35.8 Å². The molecule has 2 fully saturated rings. The Hall–Kier alpha value is -3.67. The van der Waals surface area contributed by atoms with E-state index >= 15 is 0 Å². The van der Waals surface area contributed by atoms with Crippen LogP contribution in [0.25, 0.3) is 0 Å². The fraction of sp³-hybridized carbons (Fsp3) is 0.513. The highest BCUT2D eigenvalue weighted by molar-refractivity contribution is 7.92. The molecule has 2 bridgehead atoms. The van der Waals surface area contributed by atoms with Gasteiger partial charge in [-0.1, -0.05) is 23.7 Å². The number of hydrogen-bond donors (Lipinski definition) is 1. The molecule has 0 saturated heterocycles. The monoisotopic (exact) mass is 729 g/mol. The topological polar surface area (TPSA) is 115 Å². The van der Waals surface area contributed by atoms with Crippen molar-refractivity contribution in [1.29, 1.82) is 0 Å². The number of rotatable bonds is 4. The minimum absolute atomic E-state index is 0.0404. The number of aromatic nitrogens is 2. The molecule has 2 saturated carbocycles. The van der Waals surface area contributed by atoms with Crippen molar-refractivity contribution in [3.8, 4) is 5.75 Å². The first kappa shape index (κ1) is 33.2. The molecule has 2 aliphatic heterocycles. The molecule has 268 valence electrons. The molecule has 1 unspecified atom stereocenters. The molecule has 1 aromatic heterocycles. The SMILES string of the molecule is CO[C@H]1C2=CC[C@@H]2CS(=O)(NC(=O)c2cn(C)nc2C2CC2)=NC(=O)c2ccc3c(c2)N(C[C@@H]2CC[C@H]21)C[C@@]1(CCCc2cc(Cl)ccc21)CO3. The largest absolute Gasteiger partial charge is 0.490 e. The lowest BCUT2D eigenvalue weighted by Gasteiger charge is -2.48. The lowest BCUT2D eigenvalue weighted by atomic mass is 9.65. The van der Waals surface area contributed by atoms with Crippen molar-refractivity contribution in [3.05, 3.63) is 87.2 Å². The van der Waals surface area contributed by atoms with Crippen molar-refractivity contribution >= 4 is 39.0 Å². The van der Waals surface area contributed by atoms with Gasteiger partial charge in [0.25, 0.3) is 11.8 Å². The summed E-state index contributed by atoms with van der Waals surface area (Å²) in [5.41, 5.74) is 5.66. The zero-order valence-electron chi connectivity index (χ0n) is 29.1. The fourth-order valence-corrected chi connectivity index (χ4v) is 11.4. The quantitative estimate of drug-likeness (QED) is 0.310. The number of halogens is 1. The van der Waals surface area contributed by atoms with Crippen molar-refractivity contribution in [1.82, 2.24) is 14.5 Å². The number of benzene rings is 2. The van der Waals surface area contributed by atoms with E-state index in [4.69, 9.17) is 21.1 Å². The van der Waals surface area contributed by atoms with Crippen LogP contribution in [0.3, 0.4) is 0 Å². The minimum Gasteiger partial charge on any atom is -0.490 e. The van der Waals surface area contributed by atoms with Crippen molar-refractivity contribution in [3.63, 3.8) is 0 Å². The number of allylic oxidation sites excluding steroid dienone is 1. The van der Waals surface area contributed by atoms with Gasteiger partial charge >= 0.3 is 0 Å². The molecular formula is C39H44ClN5O5S. The normalized spacial score (nSPS) is 31.2.